The summed E-state index contributed by atoms with van der Waals surface area (Å²) in [5.41, 5.74) is 5.84. The van der Waals surface area contributed by atoms with Crippen molar-refractivity contribution in [3.63, 3.8) is 0 Å². The van der Waals surface area contributed by atoms with Crippen LogP contribution in [0.25, 0.3) is 0 Å². The molecule has 4 N–H and O–H groups in total. The van der Waals surface area contributed by atoms with Crippen molar-refractivity contribution in [3.05, 3.63) is 15.4 Å². The first-order chi connectivity index (χ1) is 8.90. The fourth-order valence-electron chi connectivity index (χ4n) is 3.34. The van der Waals surface area contributed by atoms with E-state index in [1.54, 1.807) is 6.92 Å². The average Bonchev–Trinajstić information content (AvgIpc) is 2.65. The van der Waals surface area contributed by atoms with E-state index in [1.807, 2.05) is 27.7 Å². The molecule has 20 heavy (non-hydrogen) atoms. The molecule has 1 aliphatic rings. The fourth-order valence-corrected chi connectivity index (χ4v) is 6.21. The Bertz CT molecular complexity index is 669. The molecule has 1 aromatic rings. The van der Waals surface area contributed by atoms with E-state index in [4.69, 9.17) is 5.73 Å². The van der Waals surface area contributed by atoms with Gasteiger partial charge in [-0.05, 0) is 17.8 Å². The molecule has 0 aliphatic heterocycles. The molecule has 0 bridgehead atoms. The topological polar surface area (TPSA) is 105 Å². The predicted octanol–water partition coefficient (Wildman–Crippen LogP) is 0.785. The van der Waals surface area contributed by atoms with Crippen LogP contribution in [0.5, 0.6) is 0 Å². The quantitative estimate of drug-likeness (QED) is 0.765. The highest BCUT2D eigenvalue weighted by atomic mass is 32.2. The SMILES string of the molecule is Cc1[nH]c(=O)sc1S(=O)(=O)NC1C(C)(C)C(N)C1(C)C. The maximum atomic E-state index is 12.5. The van der Waals surface area contributed by atoms with Crippen LogP contribution in [-0.2, 0) is 10.0 Å². The molecule has 0 radical (unpaired) electrons. The molecular formula is C12H21N3O3S2. The van der Waals surface area contributed by atoms with Gasteiger partial charge < -0.3 is 10.7 Å². The van der Waals surface area contributed by atoms with Gasteiger partial charge in [-0.2, -0.15) is 0 Å². The van der Waals surface area contributed by atoms with E-state index in [9.17, 15) is 13.2 Å². The van der Waals surface area contributed by atoms with Gasteiger partial charge in [0.25, 0.3) is 10.0 Å². The Morgan fingerprint density at radius 3 is 2.15 bits per heavy atom. The third-order valence-electron chi connectivity index (χ3n) is 4.39. The number of H-pyrrole nitrogens is 1. The second kappa shape index (κ2) is 4.40. The van der Waals surface area contributed by atoms with E-state index in [-0.39, 0.29) is 32.0 Å². The van der Waals surface area contributed by atoms with Crippen LogP contribution in [0.15, 0.2) is 9.00 Å². The lowest BCUT2D eigenvalue weighted by molar-refractivity contribution is -0.0593. The van der Waals surface area contributed by atoms with Crippen molar-refractivity contribution in [2.45, 2.75) is 50.9 Å². The number of aromatic nitrogens is 1. The maximum absolute atomic E-state index is 12.5. The minimum atomic E-state index is -3.71. The number of hydrogen-bond donors (Lipinski definition) is 3. The van der Waals surface area contributed by atoms with E-state index in [0.29, 0.717) is 17.0 Å². The lowest BCUT2D eigenvalue weighted by Crippen LogP contribution is -2.75. The van der Waals surface area contributed by atoms with Gasteiger partial charge in [-0.3, -0.25) is 4.79 Å². The molecule has 0 amide bonds. The third kappa shape index (κ3) is 2.14. The zero-order valence-electron chi connectivity index (χ0n) is 12.3. The normalized spacial score (nSPS) is 28.1. The molecular weight excluding hydrogens is 298 g/mol. The van der Waals surface area contributed by atoms with Crippen LogP contribution in [0.4, 0.5) is 0 Å². The lowest BCUT2D eigenvalue weighted by Gasteiger charge is -2.62. The molecule has 8 heteroatoms. The summed E-state index contributed by atoms with van der Waals surface area (Å²) in [6, 6.07) is -0.361. The van der Waals surface area contributed by atoms with E-state index in [2.05, 4.69) is 9.71 Å². The number of thiazole rings is 1. The highest BCUT2D eigenvalue weighted by molar-refractivity contribution is 7.91. The molecule has 0 unspecified atom stereocenters. The van der Waals surface area contributed by atoms with Gasteiger partial charge in [0.05, 0.1) is 0 Å². The standard InChI is InChI=1S/C12H21N3O3S2/c1-6-7(19-10(16)14-6)20(17,18)15-9-11(2,3)8(13)12(9,4)5/h8-9,15H,13H2,1-5H3,(H,14,16). The summed E-state index contributed by atoms with van der Waals surface area (Å²) >= 11 is 0.706. The zero-order chi connectivity index (χ0) is 15.5. The predicted molar refractivity (Wildman–Crippen MR) is 79.3 cm³/mol. The summed E-state index contributed by atoms with van der Waals surface area (Å²) in [6.07, 6.45) is 0. The summed E-state index contributed by atoms with van der Waals surface area (Å²) in [7, 11) is -3.71. The molecule has 6 nitrogen and oxygen atoms in total. The summed E-state index contributed by atoms with van der Waals surface area (Å²) in [5.74, 6) is 0. The molecule has 1 saturated carbocycles. The highest BCUT2D eigenvalue weighted by Crippen LogP contribution is 2.53. The average molecular weight is 319 g/mol. The minimum absolute atomic E-state index is 0.0505. The van der Waals surface area contributed by atoms with Gasteiger partial charge in [0.1, 0.15) is 0 Å². The Labute approximate surface area is 122 Å². The van der Waals surface area contributed by atoms with Gasteiger partial charge >= 0.3 is 4.87 Å². The van der Waals surface area contributed by atoms with Crippen molar-refractivity contribution in [2.24, 2.45) is 16.6 Å². The molecule has 1 heterocycles. The summed E-state index contributed by atoms with van der Waals surface area (Å²) in [4.78, 5) is 13.4. The van der Waals surface area contributed by atoms with Crippen LogP contribution in [-0.4, -0.2) is 25.5 Å². The van der Waals surface area contributed by atoms with E-state index in [0.717, 1.165) is 0 Å². The maximum Gasteiger partial charge on any atom is 0.305 e. The Morgan fingerprint density at radius 1 is 1.25 bits per heavy atom. The van der Waals surface area contributed by atoms with Crippen molar-refractivity contribution in [1.82, 2.24) is 9.71 Å². The first-order valence-corrected chi connectivity index (χ1v) is 8.68. The van der Waals surface area contributed by atoms with Gasteiger partial charge in [-0.25, -0.2) is 13.1 Å². The second-order valence-corrected chi connectivity index (χ2v) is 9.49. The molecule has 1 fully saturated rings. The Morgan fingerprint density at radius 2 is 1.75 bits per heavy atom. The Balaban J connectivity index is 2.35. The monoisotopic (exact) mass is 319 g/mol. The summed E-state index contributed by atoms with van der Waals surface area (Å²) in [5, 5.41) is 0. The molecule has 2 rings (SSSR count). The van der Waals surface area contributed by atoms with Crippen molar-refractivity contribution in [3.8, 4) is 0 Å². The lowest BCUT2D eigenvalue weighted by atomic mass is 9.49. The fraction of sp³-hybridized carbons (Fsp3) is 0.750. The van der Waals surface area contributed by atoms with Crippen LogP contribution in [0, 0.1) is 17.8 Å². The molecule has 0 atom stereocenters. The summed E-state index contributed by atoms with van der Waals surface area (Å²) < 4.78 is 27.7. The van der Waals surface area contributed by atoms with Gasteiger partial charge in [0.2, 0.25) is 0 Å². The zero-order valence-corrected chi connectivity index (χ0v) is 13.9. The number of aryl methyl sites for hydroxylation is 1. The number of aromatic amines is 1. The van der Waals surface area contributed by atoms with Gasteiger partial charge in [-0.1, -0.05) is 39.0 Å². The Kier molecular flexibility index (Phi) is 3.45. The third-order valence-corrected chi connectivity index (χ3v) is 7.42. The first-order valence-electron chi connectivity index (χ1n) is 6.38. The van der Waals surface area contributed by atoms with Gasteiger partial charge in [-0.15, -0.1) is 0 Å². The smallest absolute Gasteiger partial charge is 0.305 e. The Hall–Kier alpha value is -0.700. The van der Waals surface area contributed by atoms with Crippen molar-refractivity contribution in [2.75, 3.05) is 0 Å². The van der Waals surface area contributed by atoms with E-state index >= 15 is 0 Å². The molecule has 0 spiro atoms. The van der Waals surface area contributed by atoms with Crippen LogP contribution >= 0.6 is 11.3 Å². The molecule has 0 saturated heterocycles. The van der Waals surface area contributed by atoms with Crippen molar-refractivity contribution in [1.29, 1.82) is 0 Å². The van der Waals surface area contributed by atoms with Crippen LogP contribution in [0.2, 0.25) is 0 Å². The molecule has 0 aromatic carbocycles. The first kappa shape index (κ1) is 15.7. The molecule has 114 valence electrons. The number of nitrogens with two attached hydrogens (primary N) is 1. The second-order valence-electron chi connectivity index (χ2n) is 6.60. The van der Waals surface area contributed by atoms with Crippen LogP contribution in [0.1, 0.15) is 33.4 Å². The summed E-state index contributed by atoms with van der Waals surface area (Å²) in [6.45, 7) is 9.37. The van der Waals surface area contributed by atoms with E-state index < -0.39 is 10.0 Å². The molecule has 1 aromatic heterocycles. The van der Waals surface area contributed by atoms with Crippen LogP contribution in [0.3, 0.4) is 0 Å². The largest absolute Gasteiger partial charge is 0.327 e. The highest BCUT2D eigenvalue weighted by Gasteiger charge is 2.61. The number of nitrogens with one attached hydrogen (secondary N) is 2. The number of rotatable bonds is 3. The van der Waals surface area contributed by atoms with Gasteiger partial charge in [0, 0.05) is 17.8 Å². The van der Waals surface area contributed by atoms with Crippen LogP contribution < -0.4 is 15.3 Å². The van der Waals surface area contributed by atoms with Gasteiger partial charge in [0.15, 0.2) is 4.21 Å². The number of sulfonamides is 1. The number of hydrogen-bond acceptors (Lipinski definition) is 5. The van der Waals surface area contributed by atoms with E-state index in [1.165, 1.54) is 0 Å². The van der Waals surface area contributed by atoms with Crippen molar-refractivity contribution < 1.29 is 8.42 Å². The van der Waals surface area contributed by atoms with Crippen molar-refractivity contribution >= 4 is 21.4 Å². The minimum Gasteiger partial charge on any atom is -0.327 e. The molecule has 1 aliphatic carbocycles.